The van der Waals surface area contributed by atoms with Crippen LogP contribution in [0, 0.1) is 13.8 Å². The number of nitrogens with one attached hydrogen (secondary N) is 2. The third-order valence-corrected chi connectivity index (χ3v) is 4.20. The zero-order valence-electron chi connectivity index (χ0n) is 13.7. The number of alkyl halides is 3. The minimum absolute atomic E-state index is 0. The molecule has 0 aliphatic carbocycles. The molecule has 8 heteroatoms. The van der Waals surface area contributed by atoms with Crippen molar-refractivity contribution in [1.29, 1.82) is 0 Å². The van der Waals surface area contributed by atoms with Crippen molar-refractivity contribution >= 4 is 18.3 Å². The largest absolute Gasteiger partial charge is 0.405 e. The number of carbonyl (C=O) groups excluding carboxylic acids is 1. The first-order valence-electron chi connectivity index (χ1n) is 7.66. The lowest BCUT2D eigenvalue weighted by Gasteiger charge is -2.35. The van der Waals surface area contributed by atoms with Gasteiger partial charge in [0.2, 0.25) is 0 Å². The summed E-state index contributed by atoms with van der Waals surface area (Å²) in [5.41, 5.74) is 2.36. The molecule has 0 radical (unpaired) electrons. The van der Waals surface area contributed by atoms with E-state index < -0.39 is 24.7 Å². The number of aryl methyl sites for hydroxylation is 2. The van der Waals surface area contributed by atoms with Crippen molar-refractivity contribution in [2.24, 2.45) is 0 Å². The van der Waals surface area contributed by atoms with Crippen molar-refractivity contribution in [2.75, 3.05) is 32.7 Å². The van der Waals surface area contributed by atoms with E-state index in [0.29, 0.717) is 31.7 Å². The minimum atomic E-state index is -4.37. The molecule has 0 bridgehead atoms. The third kappa shape index (κ3) is 5.36. The average molecular weight is 366 g/mol. The van der Waals surface area contributed by atoms with E-state index in [-0.39, 0.29) is 12.4 Å². The Balaban J connectivity index is 0.00000288. The number of hydrogen-bond acceptors (Lipinski definition) is 3. The Kier molecular flexibility index (Phi) is 7.51. The highest BCUT2D eigenvalue weighted by atomic mass is 35.5. The van der Waals surface area contributed by atoms with E-state index in [2.05, 4.69) is 10.6 Å². The second-order valence-electron chi connectivity index (χ2n) is 5.85. The maximum absolute atomic E-state index is 13.3. The van der Waals surface area contributed by atoms with Gasteiger partial charge in [0.25, 0.3) is 5.91 Å². The number of piperazine rings is 1. The number of carbonyl (C=O) groups is 1. The molecule has 1 fully saturated rings. The Morgan fingerprint density at radius 2 is 1.88 bits per heavy atom. The fraction of sp³-hybridized carbons (Fsp3) is 0.562. The highest BCUT2D eigenvalue weighted by Crippen LogP contribution is 2.25. The number of amides is 1. The molecule has 1 aromatic rings. The SMILES string of the molecule is Cc1ccc(C(=O)NCC(N2CCNCC2)C(F)(F)F)cc1C.Cl. The smallest absolute Gasteiger partial charge is 0.350 e. The van der Waals surface area contributed by atoms with Gasteiger partial charge in [0.1, 0.15) is 6.04 Å². The summed E-state index contributed by atoms with van der Waals surface area (Å²) in [6.45, 7) is 5.05. The van der Waals surface area contributed by atoms with E-state index in [1.165, 1.54) is 4.90 Å². The molecule has 0 aromatic heterocycles. The molecule has 1 heterocycles. The molecule has 2 N–H and O–H groups in total. The maximum atomic E-state index is 13.3. The van der Waals surface area contributed by atoms with Gasteiger partial charge in [-0.25, -0.2) is 0 Å². The van der Waals surface area contributed by atoms with Gasteiger partial charge in [0.05, 0.1) is 0 Å². The molecule has 1 atom stereocenters. The minimum Gasteiger partial charge on any atom is -0.350 e. The van der Waals surface area contributed by atoms with E-state index in [4.69, 9.17) is 0 Å². The van der Waals surface area contributed by atoms with Crippen LogP contribution >= 0.6 is 12.4 Å². The highest BCUT2D eigenvalue weighted by Gasteiger charge is 2.43. The van der Waals surface area contributed by atoms with Crippen LogP contribution in [0.1, 0.15) is 21.5 Å². The number of nitrogens with zero attached hydrogens (tertiary/aromatic N) is 1. The molecule has 1 aliphatic rings. The molecule has 0 spiro atoms. The van der Waals surface area contributed by atoms with E-state index in [1.807, 2.05) is 13.8 Å². The van der Waals surface area contributed by atoms with Crippen LogP contribution in [0.2, 0.25) is 0 Å². The van der Waals surface area contributed by atoms with Crippen molar-refractivity contribution in [3.8, 4) is 0 Å². The van der Waals surface area contributed by atoms with Gasteiger partial charge in [-0.2, -0.15) is 13.2 Å². The summed E-state index contributed by atoms with van der Waals surface area (Å²) in [7, 11) is 0. The van der Waals surface area contributed by atoms with Gasteiger partial charge in [0.15, 0.2) is 0 Å². The van der Waals surface area contributed by atoms with E-state index in [0.717, 1.165) is 11.1 Å². The predicted octanol–water partition coefficient (Wildman–Crippen LogP) is 2.29. The average Bonchev–Trinajstić information content (AvgIpc) is 2.49. The third-order valence-electron chi connectivity index (χ3n) is 4.20. The Morgan fingerprint density at radius 1 is 1.25 bits per heavy atom. The van der Waals surface area contributed by atoms with Gasteiger partial charge in [-0.05, 0) is 37.1 Å². The predicted molar refractivity (Wildman–Crippen MR) is 89.8 cm³/mol. The number of hydrogen-bond donors (Lipinski definition) is 2. The maximum Gasteiger partial charge on any atom is 0.405 e. The van der Waals surface area contributed by atoms with Crippen molar-refractivity contribution in [3.63, 3.8) is 0 Å². The van der Waals surface area contributed by atoms with Crippen LogP contribution in [0.5, 0.6) is 0 Å². The summed E-state index contributed by atoms with van der Waals surface area (Å²) in [6, 6.07) is 3.46. The second-order valence-corrected chi connectivity index (χ2v) is 5.85. The zero-order valence-corrected chi connectivity index (χ0v) is 14.6. The topological polar surface area (TPSA) is 44.4 Å². The number of rotatable bonds is 4. The molecule has 1 amide bonds. The van der Waals surface area contributed by atoms with Gasteiger partial charge < -0.3 is 10.6 Å². The molecule has 24 heavy (non-hydrogen) atoms. The van der Waals surface area contributed by atoms with E-state index in [9.17, 15) is 18.0 Å². The quantitative estimate of drug-likeness (QED) is 0.860. The van der Waals surface area contributed by atoms with Crippen LogP contribution in [-0.2, 0) is 0 Å². The Hall–Kier alpha value is -1.31. The van der Waals surface area contributed by atoms with Gasteiger partial charge in [-0.1, -0.05) is 6.07 Å². The molecule has 4 nitrogen and oxygen atoms in total. The van der Waals surface area contributed by atoms with Gasteiger partial charge in [0, 0.05) is 38.3 Å². The molecular formula is C16H23ClF3N3O. The summed E-state index contributed by atoms with van der Waals surface area (Å²) in [5.74, 6) is -0.475. The molecule has 2 rings (SSSR count). The van der Waals surface area contributed by atoms with E-state index in [1.54, 1.807) is 18.2 Å². The first-order valence-corrected chi connectivity index (χ1v) is 7.66. The summed E-state index contributed by atoms with van der Waals surface area (Å²) in [6.07, 6.45) is -4.37. The first kappa shape index (κ1) is 20.7. The van der Waals surface area contributed by atoms with Crippen LogP contribution in [0.3, 0.4) is 0 Å². The fourth-order valence-corrected chi connectivity index (χ4v) is 2.62. The summed E-state index contributed by atoms with van der Waals surface area (Å²) >= 11 is 0. The monoisotopic (exact) mass is 365 g/mol. The molecule has 1 saturated heterocycles. The fourth-order valence-electron chi connectivity index (χ4n) is 2.62. The summed E-state index contributed by atoms with van der Waals surface area (Å²) < 4.78 is 39.8. The number of benzene rings is 1. The Labute approximate surface area is 146 Å². The van der Waals surface area contributed by atoms with Crippen molar-refractivity contribution in [2.45, 2.75) is 26.1 Å². The molecule has 1 unspecified atom stereocenters. The lowest BCUT2D eigenvalue weighted by atomic mass is 10.1. The molecule has 1 aliphatic heterocycles. The van der Waals surface area contributed by atoms with Gasteiger partial charge in [-0.15, -0.1) is 12.4 Å². The van der Waals surface area contributed by atoms with Crippen molar-refractivity contribution in [1.82, 2.24) is 15.5 Å². The normalized spacial score (nSPS) is 17.0. The van der Waals surface area contributed by atoms with Crippen LogP contribution in [-0.4, -0.2) is 55.7 Å². The van der Waals surface area contributed by atoms with Gasteiger partial charge >= 0.3 is 6.18 Å². The van der Waals surface area contributed by atoms with Crippen molar-refractivity contribution in [3.05, 3.63) is 34.9 Å². The van der Waals surface area contributed by atoms with Crippen LogP contribution in [0.25, 0.3) is 0 Å². The molecule has 1 aromatic carbocycles. The molecule has 0 saturated carbocycles. The first-order chi connectivity index (χ1) is 10.8. The zero-order chi connectivity index (χ0) is 17.0. The Morgan fingerprint density at radius 3 is 2.42 bits per heavy atom. The Bertz CT molecular complexity index is 560. The standard InChI is InChI=1S/C16H22F3N3O.ClH/c1-11-3-4-13(9-12(11)2)15(23)21-10-14(16(17,18)19)22-7-5-20-6-8-22;/h3-4,9,14,20H,5-8,10H2,1-2H3,(H,21,23);1H. The highest BCUT2D eigenvalue weighted by molar-refractivity contribution is 5.94. The van der Waals surface area contributed by atoms with Gasteiger partial charge in [-0.3, -0.25) is 9.69 Å². The molecular weight excluding hydrogens is 343 g/mol. The second kappa shape index (κ2) is 8.69. The lowest BCUT2D eigenvalue weighted by Crippen LogP contribution is -2.57. The van der Waals surface area contributed by atoms with Crippen LogP contribution in [0.4, 0.5) is 13.2 Å². The van der Waals surface area contributed by atoms with E-state index >= 15 is 0 Å². The lowest BCUT2D eigenvalue weighted by molar-refractivity contribution is -0.183. The van der Waals surface area contributed by atoms with Crippen LogP contribution < -0.4 is 10.6 Å². The summed E-state index contributed by atoms with van der Waals surface area (Å²) in [5, 5.41) is 5.46. The van der Waals surface area contributed by atoms with Crippen molar-refractivity contribution < 1.29 is 18.0 Å². The summed E-state index contributed by atoms with van der Waals surface area (Å²) in [4.78, 5) is 13.5. The van der Waals surface area contributed by atoms with Crippen LogP contribution in [0.15, 0.2) is 18.2 Å². The molecule has 136 valence electrons. The number of halogens is 4.